The first-order chi connectivity index (χ1) is 6.56. The highest BCUT2D eigenvalue weighted by Crippen LogP contribution is 2.21. The average Bonchev–Trinajstić information content (AvgIpc) is 2.11. The molecule has 0 bridgehead atoms. The topological polar surface area (TPSA) is 78.2 Å². The minimum atomic E-state index is -0.563. The van der Waals surface area contributed by atoms with E-state index < -0.39 is 17.3 Å². The number of rotatable bonds is 2. The van der Waals surface area contributed by atoms with E-state index in [4.69, 9.17) is 10.4 Å². The van der Waals surface area contributed by atoms with Crippen LogP contribution >= 0.6 is 0 Å². The predicted octanol–water partition coefficient (Wildman–Crippen LogP) is 1.06. The lowest BCUT2D eigenvalue weighted by Gasteiger charge is -2.13. The molecule has 0 unspecified atom stereocenters. The number of Topliss-reactive ketones (excluding diaryl/α,β-unsaturated/α-hetero) is 1. The Balaban J connectivity index is 2.95. The van der Waals surface area contributed by atoms with Gasteiger partial charge in [-0.3, -0.25) is 9.59 Å². The molecule has 1 aliphatic rings. The van der Waals surface area contributed by atoms with Crippen LogP contribution in [0.5, 0.6) is 0 Å². The molecular weight excluding hydrogens is 182 g/mol. The lowest BCUT2D eigenvalue weighted by molar-refractivity contribution is -0.117. The van der Waals surface area contributed by atoms with Crippen LogP contribution in [0.2, 0.25) is 0 Å². The standard InChI is InChI=1S/C10H9NO3/c1-6(2-3-11)8-4-7(12)5-9(13)10(8)14/h4-6,13H,2H2,1H3/t6-/m0/s1. The second kappa shape index (κ2) is 3.88. The van der Waals surface area contributed by atoms with E-state index in [1.807, 2.05) is 6.07 Å². The maximum atomic E-state index is 11.3. The van der Waals surface area contributed by atoms with Gasteiger partial charge >= 0.3 is 0 Å². The number of nitrogens with zero attached hydrogens (tertiary/aromatic N) is 1. The summed E-state index contributed by atoms with van der Waals surface area (Å²) in [6.07, 6.45) is 2.20. The number of hydrogen-bond acceptors (Lipinski definition) is 4. The highest BCUT2D eigenvalue weighted by Gasteiger charge is 2.24. The van der Waals surface area contributed by atoms with Gasteiger partial charge in [-0.15, -0.1) is 0 Å². The highest BCUT2D eigenvalue weighted by molar-refractivity contribution is 6.19. The van der Waals surface area contributed by atoms with Crippen molar-refractivity contribution in [2.24, 2.45) is 5.92 Å². The summed E-state index contributed by atoms with van der Waals surface area (Å²) in [4.78, 5) is 22.3. The fraction of sp³-hybridized carbons (Fsp3) is 0.300. The second-order valence-electron chi connectivity index (χ2n) is 3.12. The van der Waals surface area contributed by atoms with Gasteiger partial charge < -0.3 is 5.11 Å². The zero-order valence-electron chi connectivity index (χ0n) is 7.65. The van der Waals surface area contributed by atoms with Gasteiger partial charge in [0.05, 0.1) is 6.07 Å². The fourth-order valence-corrected chi connectivity index (χ4v) is 1.22. The maximum absolute atomic E-state index is 11.3. The van der Waals surface area contributed by atoms with Crippen molar-refractivity contribution in [1.82, 2.24) is 0 Å². The summed E-state index contributed by atoms with van der Waals surface area (Å²) in [5.41, 5.74) is 0.205. The van der Waals surface area contributed by atoms with Crippen LogP contribution in [0, 0.1) is 17.2 Å². The quantitative estimate of drug-likeness (QED) is 0.662. The molecule has 72 valence electrons. The molecule has 0 radical (unpaired) electrons. The Morgan fingerprint density at radius 1 is 1.50 bits per heavy atom. The van der Waals surface area contributed by atoms with Crippen LogP contribution in [0.1, 0.15) is 13.3 Å². The molecule has 1 aliphatic carbocycles. The molecule has 14 heavy (non-hydrogen) atoms. The van der Waals surface area contributed by atoms with Gasteiger partial charge in [-0.1, -0.05) is 6.92 Å². The average molecular weight is 191 g/mol. The highest BCUT2D eigenvalue weighted by atomic mass is 16.3. The van der Waals surface area contributed by atoms with Crippen molar-refractivity contribution in [2.75, 3.05) is 0 Å². The first-order valence-electron chi connectivity index (χ1n) is 4.14. The van der Waals surface area contributed by atoms with E-state index in [1.165, 1.54) is 6.08 Å². The minimum Gasteiger partial charge on any atom is -0.504 e. The van der Waals surface area contributed by atoms with Crippen LogP contribution in [-0.2, 0) is 9.59 Å². The van der Waals surface area contributed by atoms with Crippen molar-refractivity contribution >= 4 is 11.6 Å². The predicted molar refractivity (Wildman–Crippen MR) is 48.2 cm³/mol. The number of aliphatic hydroxyl groups excluding tert-OH is 1. The Labute approximate surface area is 81.1 Å². The molecular formula is C10H9NO3. The van der Waals surface area contributed by atoms with Crippen molar-refractivity contribution in [3.05, 3.63) is 23.5 Å². The van der Waals surface area contributed by atoms with Crippen LogP contribution in [0.25, 0.3) is 0 Å². The van der Waals surface area contributed by atoms with Gasteiger partial charge in [0.2, 0.25) is 5.78 Å². The Morgan fingerprint density at radius 3 is 2.71 bits per heavy atom. The van der Waals surface area contributed by atoms with E-state index in [1.54, 1.807) is 6.92 Å². The first-order valence-corrected chi connectivity index (χ1v) is 4.14. The van der Waals surface area contributed by atoms with Gasteiger partial charge in [0, 0.05) is 18.1 Å². The van der Waals surface area contributed by atoms with Crippen molar-refractivity contribution < 1.29 is 14.7 Å². The normalized spacial score (nSPS) is 18.3. The number of ketones is 2. The van der Waals surface area contributed by atoms with Gasteiger partial charge in [0.1, 0.15) is 0 Å². The van der Waals surface area contributed by atoms with Crippen molar-refractivity contribution in [1.29, 1.82) is 5.26 Å². The molecule has 0 aliphatic heterocycles. The van der Waals surface area contributed by atoms with Gasteiger partial charge in [-0.2, -0.15) is 5.26 Å². The molecule has 0 amide bonds. The Morgan fingerprint density at radius 2 is 2.14 bits per heavy atom. The summed E-state index contributed by atoms with van der Waals surface area (Å²) in [7, 11) is 0. The zero-order chi connectivity index (χ0) is 10.7. The van der Waals surface area contributed by atoms with Crippen LogP contribution in [0.3, 0.4) is 0 Å². The van der Waals surface area contributed by atoms with Gasteiger partial charge in [0.25, 0.3) is 0 Å². The molecule has 1 rings (SSSR count). The Bertz CT molecular complexity index is 385. The summed E-state index contributed by atoms with van der Waals surface area (Å²) in [5.74, 6) is -1.85. The molecule has 0 spiro atoms. The van der Waals surface area contributed by atoms with Crippen LogP contribution in [-0.4, -0.2) is 16.7 Å². The molecule has 0 aromatic heterocycles. The van der Waals surface area contributed by atoms with Crippen molar-refractivity contribution in [2.45, 2.75) is 13.3 Å². The summed E-state index contributed by atoms with van der Waals surface area (Å²) >= 11 is 0. The molecule has 0 aromatic carbocycles. The van der Waals surface area contributed by atoms with Gasteiger partial charge in [0.15, 0.2) is 11.5 Å². The molecule has 4 heteroatoms. The van der Waals surface area contributed by atoms with Crippen LogP contribution in [0.15, 0.2) is 23.5 Å². The number of hydrogen-bond donors (Lipinski definition) is 1. The molecule has 0 saturated heterocycles. The molecule has 0 fully saturated rings. The third-order valence-corrected chi connectivity index (χ3v) is 2.00. The number of allylic oxidation sites excluding steroid dienone is 3. The van der Waals surface area contributed by atoms with Gasteiger partial charge in [-0.05, 0) is 12.0 Å². The maximum Gasteiger partial charge on any atom is 0.223 e. The molecule has 0 aromatic rings. The lowest BCUT2D eigenvalue weighted by Crippen LogP contribution is -2.18. The smallest absolute Gasteiger partial charge is 0.223 e. The third kappa shape index (κ3) is 1.88. The zero-order valence-corrected chi connectivity index (χ0v) is 7.65. The van der Waals surface area contributed by atoms with Crippen molar-refractivity contribution in [3.63, 3.8) is 0 Å². The number of nitriles is 1. The summed E-state index contributed by atoms with van der Waals surface area (Å²) in [5, 5.41) is 17.5. The monoisotopic (exact) mass is 191 g/mol. The van der Waals surface area contributed by atoms with E-state index >= 15 is 0 Å². The molecule has 0 heterocycles. The SMILES string of the molecule is C[C@@H](CC#N)C1=CC(=O)C=C(O)C1=O. The molecule has 4 nitrogen and oxygen atoms in total. The van der Waals surface area contributed by atoms with E-state index in [0.29, 0.717) is 0 Å². The van der Waals surface area contributed by atoms with Gasteiger partial charge in [-0.25, -0.2) is 0 Å². The van der Waals surface area contributed by atoms with E-state index in [2.05, 4.69) is 0 Å². The molecule has 0 saturated carbocycles. The summed E-state index contributed by atoms with van der Waals surface area (Å²) in [6, 6.07) is 1.91. The van der Waals surface area contributed by atoms with E-state index in [0.717, 1.165) is 6.08 Å². The largest absolute Gasteiger partial charge is 0.504 e. The Kier molecular flexibility index (Phi) is 2.82. The fourth-order valence-electron chi connectivity index (χ4n) is 1.22. The Hall–Kier alpha value is -1.89. The van der Waals surface area contributed by atoms with E-state index in [-0.39, 0.29) is 17.9 Å². The number of aliphatic hydroxyl groups is 1. The number of carbonyl (C=O) groups excluding carboxylic acids is 2. The van der Waals surface area contributed by atoms with Crippen LogP contribution < -0.4 is 0 Å². The third-order valence-electron chi connectivity index (χ3n) is 2.00. The molecule has 1 N–H and O–H groups in total. The van der Waals surface area contributed by atoms with E-state index in [9.17, 15) is 9.59 Å². The first kappa shape index (κ1) is 10.2. The minimum absolute atomic E-state index is 0.151. The number of carbonyl (C=O) groups is 2. The van der Waals surface area contributed by atoms with Crippen molar-refractivity contribution in [3.8, 4) is 6.07 Å². The summed E-state index contributed by atoms with van der Waals surface area (Å²) in [6.45, 7) is 1.67. The second-order valence-corrected chi connectivity index (χ2v) is 3.12. The van der Waals surface area contributed by atoms with Crippen LogP contribution in [0.4, 0.5) is 0 Å². The summed E-state index contributed by atoms with van der Waals surface area (Å²) < 4.78 is 0. The lowest BCUT2D eigenvalue weighted by atomic mass is 9.90. The molecule has 1 atom stereocenters.